The standard InChI is InChI=1S/C19H16Cl2N2OS/c20-13-7-8-15(21)14(10-13)19(24)23-9-3-4-12(11-23)18-22-16-5-1-2-6-17(16)25-18/h1-2,5-8,10,12H,3-4,9,11H2. The highest BCUT2D eigenvalue weighted by atomic mass is 35.5. The quantitative estimate of drug-likeness (QED) is 0.568. The molecular formula is C19H16Cl2N2OS. The minimum Gasteiger partial charge on any atom is -0.338 e. The van der Waals surface area contributed by atoms with Crippen molar-refractivity contribution in [3.63, 3.8) is 0 Å². The summed E-state index contributed by atoms with van der Waals surface area (Å²) in [6.07, 6.45) is 2.01. The highest BCUT2D eigenvalue weighted by molar-refractivity contribution is 7.18. The van der Waals surface area contributed by atoms with E-state index in [1.807, 2.05) is 23.1 Å². The molecule has 2 heterocycles. The predicted molar refractivity (Wildman–Crippen MR) is 104 cm³/mol. The fourth-order valence-corrected chi connectivity index (χ4v) is 4.72. The van der Waals surface area contributed by atoms with E-state index in [1.54, 1.807) is 29.5 Å². The van der Waals surface area contributed by atoms with Crippen LogP contribution in [-0.2, 0) is 0 Å². The molecule has 3 nitrogen and oxygen atoms in total. The van der Waals surface area contributed by atoms with Crippen LogP contribution in [0.15, 0.2) is 42.5 Å². The molecule has 6 heteroatoms. The number of aromatic nitrogens is 1. The second-order valence-corrected chi connectivity index (χ2v) is 8.14. The van der Waals surface area contributed by atoms with Crippen molar-refractivity contribution in [2.24, 2.45) is 0 Å². The van der Waals surface area contributed by atoms with Gasteiger partial charge in [0.2, 0.25) is 0 Å². The molecule has 1 unspecified atom stereocenters. The van der Waals surface area contributed by atoms with Crippen molar-refractivity contribution >= 4 is 50.7 Å². The third-order valence-electron chi connectivity index (χ3n) is 4.53. The highest BCUT2D eigenvalue weighted by Crippen LogP contribution is 2.34. The summed E-state index contributed by atoms with van der Waals surface area (Å²) in [6.45, 7) is 1.41. The summed E-state index contributed by atoms with van der Waals surface area (Å²) in [4.78, 5) is 19.5. The van der Waals surface area contributed by atoms with Crippen molar-refractivity contribution in [1.82, 2.24) is 9.88 Å². The SMILES string of the molecule is O=C(c1cc(Cl)ccc1Cl)N1CCCC(c2nc3ccccc3s2)C1. The van der Waals surface area contributed by atoms with Crippen molar-refractivity contribution in [3.05, 3.63) is 63.1 Å². The minimum atomic E-state index is -0.0571. The summed E-state index contributed by atoms with van der Waals surface area (Å²) in [5.74, 6) is 0.214. The number of rotatable bonds is 2. The van der Waals surface area contributed by atoms with Crippen LogP contribution >= 0.6 is 34.5 Å². The van der Waals surface area contributed by atoms with Crippen molar-refractivity contribution in [2.45, 2.75) is 18.8 Å². The first kappa shape index (κ1) is 16.8. The Morgan fingerprint density at radius 1 is 1.20 bits per heavy atom. The third kappa shape index (κ3) is 3.39. The van der Waals surface area contributed by atoms with E-state index in [-0.39, 0.29) is 11.8 Å². The zero-order valence-electron chi connectivity index (χ0n) is 13.4. The van der Waals surface area contributed by atoms with Crippen LogP contribution < -0.4 is 0 Å². The molecule has 2 aromatic carbocycles. The third-order valence-corrected chi connectivity index (χ3v) is 6.29. The van der Waals surface area contributed by atoms with E-state index in [1.165, 1.54) is 4.70 Å². The van der Waals surface area contributed by atoms with Crippen LogP contribution in [0.2, 0.25) is 10.0 Å². The summed E-state index contributed by atoms with van der Waals surface area (Å²) in [6, 6.07) is 13.2. The van der Waals surface area contributed by atoms with Crippen LogP contribution in [-0.4, -0.2) is 28.9 Å². The number of amides is 1. The molecule has 25 heavy (non-hydrogen) atoms. The van der Waals surface area contributed by atoms with Crippen molar-refractivity contribution in [1.29, 1.82) is 0 Å². The Bertz CT molecular complexity index is 907. The number of carbonyl (C=O) groups excluding carboxylic acids is 1. The molecule has 0 N–H and O–H groups in total. The number of hydrogen-bond donors (Lipinski definition) is 0. The predicted octanol–water partition coefficient (Wildman–Crippen LogP) is 5.62. The smallest absolute Gasteiger partial charge is 0.255 e. The van der Waals surface area contributed by atoms with E-state index in [2.05, 4.69) is 6.07 Å². The molecule has 1 saturated heterocycles. The Balaban J connectivity index is 1.58. The molecule has 1 atom stereocenters. The Morgan fingerprint density at radius 3 is 2.88 bits per heavy atom. The van der Waals surface area contributed by atoms with Gasteiger partial charge in [0.1, 0.15) is 0 Å². The maximum absolute atomic E-state index is 12.9. The van der Waals surface area contributed by atoms with Gasteiger partial charge in [-0.05, 0) is 43.2 Å². The summed E-state index contributed by atoms with van der Waals surface area (Å²) >= 11 is 14.0. The van der Waals surface area contributed by atoms with Crippen LogP contribution in [0.1, 0.15) is 34.1 Å². The van der Waals surface area contributed by atoms with Crippen LogP contribution in [0.3, 0.4) is 0 Å². The van der Waals surface area contributed by atoms with Gasteiger partial charge in [0, 0.05) is 24.0 Å². The lowest BCUT2D eigenvalue weighted by molar-refractivity contribution is 0.0707. The Labute approximate surface area is 160 Å². The first-order chi connectivity index (χ1) is 12.1. The summed E-state index contributed by atoms with van der Waals surface area (Å²) < 4.78 is 1.19. The molecule has 0 radical (unpaired) electrons. The normalized spacial score (nSPS) is 17.8. The number of carbonyl (C=O) groups is 1. The number of halogens is 2. The number of benzene rings is 2. The van der Waals surface area contributed by atoms with E-state index in [9.17, 15) is 4.79 Å². The van der Waals surface area contributed by atoms with Crippen LogP contribution in [0, 0.1) is 0 Å². The molecule has 4 rings (SSSR count). The van der Waals surface area contributed by atoms with E-state index < -0.39 is 0 Å². The first-order valence-corrected chi connectivity index (χ1v) is 9.79. The largest absolute Gasteiger partial charge is 0.338 e. The van der Waals surface area contributed by atoms with Crippen LogP contribution in [0.5, 0.6) is 0 Å². The van der Waals surface area contributed by atoms with Gasteiger partial charge in [-0.2, -0.15) is 0 Å². The minimum absolute atomic E-state index is 0.0571. The lowest BCUT2D eigenvalue weighted by Crippen LogP contribution is -2.39. The van der Waals surface area contributed by atoms with Gasteiger partial charge in [0.05, 0.1) is 25.8 Å². The van der Waals surface area contributed by atoms with Gasteiger partial charge < -0.3 is 4.90 Å². The van der Waals surface area contributed by atoms with Gasteiger partial charge in [-0.3, -0.25) is 4.79 Å². The molecule has 1 amide bonds. The second-order valence-electron chi connectivity index (χ2n) is 6.23. The maximum atomic E-state index is 12.9. The van der Waals surface area contributed by atoms with Crippen molar-refractivity contribution < 1.29 is 4.79 Å². The zero-order valence-corrected chi connectivity index (χ0v) is 15.7. The topological polar surface area (TPSA) is 33.2 Å². The molecule has 1 aliphatic heterocycles. The second kappa shape index (κ2) is 6.94. The number of piperidine rings is 1. The van der Waals surface area contributed by atoms with Gasteiger partial charge in [0.15, 0.2) is 0 Å². The molecule has 1 fully saturated rings. The molecule has 1 aliphatic rings. The van der Waals surface area contributed by atoms with Gasteiger partial charge in [0.25, 0.3) is 5.91 Å². The van der Waals surface area contributed by atoms with Gasteiger partial charge in [-0.1, -0.05) is 35.3 Å². The maximum Gasteiger partial charge on any atom is 0.255 e. The van der Waals surface area contributed by atoms with Gasteiger partial charge in [-0.25, -0.2) is 4.98 Å². The molecular weight excluding hydrogens is 375 g/mol. The molecule has 0 bridgehead atoms. The summed E-state index contributed by atoms with van der Waals surface area (Å²) in [7, 11) is 0. The average Bonchev–Trinajstić information content (AvgIpc) is 3.07. The number of thiazole rings is 1. The lowest BCUT2D eigenvalue weighted by atomic mass is 9.98. The fourth-order valence-electron chi connectivity index (χ4n) is 3.26. The van der Waals surface area contributed by atoms with E-state index in [0.29, 0.717) is 22.2 Å². The fraction of sp³-hybridized carbons (Fsp3) is 0.263. The monoisotopic (exact) mass is 390 g/mol. The van der Waals surface area contributed by atoms with Crippen LogP contribution in [0.25, 0.3) is 10.2 Å². The number of likely N-dealkylation sites (tertiary alicyclic amines) is 1. The summed E-state index contributed by atoms with van der Waals surface area (Å²) in [5, 5.41) is 2.07. The molecule has 0 spiro atoms. The molecule has 1 aromatic heterocycles. The Kier molecular flexibility index (Phi) is 4.67. The number of para-hydroxylation sites is 1. The summed E-state index contributed by atoms with van der Waals surface area (Å²) in [5.41, 5.74) is 1.50. The lowest BCUT2D eigenvalue weighted by Gasteiger charge is -2.32. The Hall–Kier alpha value is -1.62. The number of fused-ring (bicyclic) bond motifs is 1. The van der Waals surface area contributed by atoms with Gasteiger partial charge in [-0.15, -0.1) is 11.3 Å². The number of nitrogens with zero attached hydrogens (tertiary/aromatic N) is 2. The molecule has 0 saturated carbocycles. The zero-order chi connectivity index (χ0) is 17.4. The average molecular weight is 391 g/mol. The Morgan fingerprint density at radius 2 is 2.04 bits per heavy atom. The van der Waals surface area contributed by atoms with E-state index in [4.69, 9.17) is 28.2 Å². The first-order valence-electron chi connectivity index (χ1n) is 8.21. The van der Waals surface area contributed by atoms with E-state index in [0.717, 1.165) is 29.9 Å². The molecule has 0 aliphatic carbocycles. The van der Waals surface area contributed by atoms with Gasteiger partial charge >= 0.3 is 0 Å². The van der Waals surface area contributed by atoms with Crippen molar-refractivity contribution in [3.8, 4) is 0 Å². The highest BCUT2D eigenvalue weighted by Gasteiger charge is 2.28. The van der Waals surface area contributed by atoms with Crippen molar-refractivity contribution in [2.75, 3.05) is 13.1 Å². The molecule has 3 aromatic rings. The van der Waals surface area contributed by atoms with E-state index >= 15 is 0 Å². The molecule has 128 valence electrons. The van der Waals surface area contributed by atoms with Crippen LogP contribution in [0.4, 0.5) is 0 Å². The number of hydrogen-bond acceptors (Lipinski definition) is 3.